The predicted molar refractivity (Wildman–Crippen MR) is 69.2 cm³/mol. The summed E-state index contributed by atoms with van der Waals surface area (Å²) in [6, 6.07) is 3.88. The Kier molecular flexibility index (Phi) is 2.45. The molecule has 18 heavy (non-hydrogen) atoms. The van der Waals surface area contributed by atoms with Crippen molar-refractivity contribution in [2.45, 2.75) is 19.4 Å². The molecule has 3 rings (SSSR count). The summed E-state index contributed by atoms with van der Waals surface area (Å²) >= 11 is 0. The highest BCUT2D eigenvalue weighted by Crippen LogP contribution is 2.34. The van der Waals surface area contributed by atoms with Crippen molar-refractivity contribution in [2.24, 2.45) is 0 Å². The fourth-order valence-electron chi connectivity index (χ4n) is 1.96. The number of aromatic nitrogens is 2. The standard InChI is InChI=1S/C13H17N3O2/c1-13(2,14-3)12-15-8-6-10-11(7-9(8)16-12)18-5-4-17-10/h6-7,14H,4-5H2,1-3H3,(H,15,16). The summed E-state index contributed by atoms with van der Waals surface area (Å²) in [5.41, 5.74) is 1.68. The van der Waals surface area contributed by atoms with Crippen LogP contribution in [0.4, 0.5) is 0 Å². The van der Waals surface area contributed by atoms with E-state index in [2.05, 4.69) is 29.1 Å². The lowest BCUT2D eigenvalue weighted by atomic mass is 10.1. The quantitative estimate of drug-likeness (QED) is 0.849. The van der Waals surface area contributed by atoms with Crippen molar-refractivity contribution < 1.29 is 9.47 Å². The molecule has 2 heterocycles. The van der Waals surface area contributed by atoms with Gasteiger partial charge in [0, 0.05) is 12.1 Å². The maximum Gasteiger partial charge on any atom is 0.163 e. The van der Waals surface area contributed by atoms with Crippen LogP contribution in [0.5, 0.6) is 11.5 Å². The lowest BCUT2D eigenvalue weighted by Crippen LogP contribution is -2.34. The summed E-state index contributed by atoms with van der Waals surface area (Å²) in [6.07, 6.45) is 0. The molecule has 0 atom stereocenters. The lowest BCUT2D eigenvalue weighted by Gasteiger charge is -2.20. The lowest BCUT2D eigenvalue weighted by molar-refractivity contribution is 0.172. The number of fused-ring (bicyclic) bond motifs is 2. The van der Waals surface area contributed by atoms with Crippen molar-refractivity contribution in [1.82, 2.24) is 15.3 Å². The molecule has 1 aromatic heterocycles. The molecule has 0 radical (unpaired) electrons. The smallest absolute Gasteiger partial charge is 0.163 e. The van der Waals surface area contributed by atoms with Crippen molar-refractivity contribution in [1.29, 1.82) is 0 Å². The minimum Gasteiger partial charge on any atom is -0.486 e. The SMILES string of the molecule is CNC(C)(C)c1nc2cc3c(cc2[nH]1)OCCO3. The van der Waals surface area contributed by atoms with E-state index >= 15 is 0 Å². The molecule has 2 aromatic rings. The third kappa shape index (κ3) is 1.71. The van der Waals surface area contributed by atoms with E-state index in [9.17, 15) is 0 Å². The van der Waals surface area contributed by atoms with Gasteiger partial charge >= 0.3 is 0 Å². The van der Waals surface area contributed by atoms with Crippen LogP contribution in [0.2, 0.25) is 0 Å². The van der Waals surface area contributed by atoms with Gasteiger partial charge in [0.15, 0.2) is 11.5 Å². The van der Waals surface area contributed by atoms with Gasteiger partial charge in [0.05, 0.1) is 16.6 Å². The number of hydrogen-bond donors (Lipinski definition) is 2. The van der Waals surface area contributed by atoms with Gasteiger partial charge in [0.25, 0.3) is 0 Å². The first-order valence-corrected chi connectivity index (χ1v) is 6.09. The van der Waals surface area contributed by atoms with Crippen molar-refractivity contribution >= 4 is 11.0 Å². The summed E-state index contributed by atoms with van der Waals surface area (Å²) in [4.78, 5) is 7.94. The molecule has 5 heteroatoms. The largest absolute Gasteiger partial charge is 0.486 e. The Balaban J connectivity index is 2.12. The molecule has 1 aliphatic heterocycles. The number of nitrogens with zero attached hydrogens (tertiary/aromatic N) is 1. The van der Waals surface area contributed by atoms with Gasteiger partial charge in [-0.2, -0.15) is 0 Å². The topological polar surface area (TPSA) is 59.2 Å². The highest BCUT2D eigenvalue weighted by Gasteiger charge is 2.23. The van der Waals surface area contributed by atoms with Gasteiger partial charge in [0.1, 0.15) is 19.0 Å². The van der Waals surface area contributed by atoms with E-state index in [4.69, 9.17) is 9.47 Å². The van der Waals surface area contributed by atoms with E-state index in [1.807, 2.05) is 19.2 Å². The van der Waals surface area contributed by atoms with Crippen LogP contribution in [0.1, 0.15) is 19.7 Å². The summed E-state index contributed by atoms with van der Waals surface area (Å²) in [7, 11) is 1.92. The molecule has 1 aliphatic rings. The summed E-state index contributed by atoms with van der Waals surface area (Å²) < 4.78 is 11.1. The number of H-pyrrole nitrogens is 1. The Hall–Kier alpha value is -1.75. The number of rotatable bonds is 2. The Morgan fingerprint density at radius 3 is 2.56 bits per heavy atom. The summed E-state index contributed by atoms with van der Waals surface area (Å²) in [5.74, 6) is 2.46. The molecule has 0 saturated carbocycles. The highest BCUT2D eigenvalue weighted by atomic mass is 16.6. The van der Waals surface area contributed by atoms with Gasteiger partial charge in [-0.3, -0.25) is 0 Å². The minimum absolute atomic E-state index is 0.193. The van der Waals surface area contributed by atoms with Crippen LogP contribution < -0.4 is 14.8 Å². The number of hydrogen-bond acceptors (Lipinski definition) is 4. The molecule has 0 aliphatic carbocycles. The second-order valence-corrected chi connectivity index (χ2v) is 4.97. The molecule has 1 aromatic carbocycles. The number of imidazole rings is 1. The van der Waals surface area contributed by atoms with Crippen LogP contribution in [-0.4, -0.2) is 30.2 Å². The Labute approximate surface area is 106 Å². The van der Waals surface area contributed by atoms with Gasteiger partial charge < -0.3 is 19.8 Å². The summed E-state index contributed by atoms with van der Waals surface area (Å²) in [6.45, 7) is 5.36. The van der Waals surface area contributed by atoms with Crippen molar-refractivity contribution in [2.75, 3.05) is 20.3 Å². The fraction of sp³-hybridized carbons (Fsp3) is 0.462. The minimum atomic E-state index is -0.193. The zero-order valence-corrected chi connectivity index (χ0v) is 10.8. The number of benzene rings is 1. The van der Waals surface area contributed by atoms with Gasteiger partial charge in [-0.1, -0.05) is 0 Å². The molecule has 0 bridgehead atoms. The fourth-order valence-corrected chi connectivity index (χ4v) is 1.96. The molecule has 5 nitrogen and oxygen atoms in total. The molecular weight excluding hydrogens is 230 g/mol. The van der Waals surface area contributed by atoms with Gasteiger partial charge in [0.2, 0.25) is 0 Å². The monoisotopic (exact) mass is 247 g/mol. The number of aromatic amines is 1. The predicted octanol–water partition coefficient (Wildman–Crippen LogP) is 1.79. The molecule has 0 fully saturated rings. The average molecular weight is 247 g/mol. The molecule has 0 amide bonds. The van der Waals surface area contributed by atoms with E-state index in [1.54, 1.807) is 0 Å². The maximum absolute atomic E-state index is 5.56. The first-order chi connectivity index (χ1) is 8.60. The third-order valence-corrected chi connectivity index (χ3v) is 3.36. The second kappa shape index (κ2) is 3.88. The summed E-state index contributed by atoms with van der Waals surface area (Å²) in [5, 5.41) is 3.23. The highest BCUT2D eigenvalue weighted by molar-refractivity contribution is 5.80. The van der Waals surface area contributed by atoms with Crippen LogP contribution >= 0.6 is 0 Å². The van der Waals surface area contributed by atoms with E-state index in [1.165, 1.54) is 0 Å². The van der Waals surface area contributed by atoms with E-state index < -0.39 is 0 Å². The number of nitrogens with one attached hydrogen (secondary N) is 2. The maximum atomic E-state index is 5.56. The first-order valence-electron chi connectivity index (χ1n) is 6.09. The zero-order valence-electron chi connectivity index (χ0n) is 10.8. The normalized spacial score (nSPS) is 15.1. The van der Waals surface area contributed by atoms with Crippen LogP contribution in [0.15, 0.2) is 12.1 Å². The van der Waals surface area contributed by atoms with Crippen LogP contribution in [-0.2, 0) is 5.54 Å². The van der Waals surface area contributed by atoms with Crippen LogP contribution in [0.25, 0.3) is 11.0 Å². The molecular formula is C13H17N3O2. The molecule has 0 unspecified atom stereocenters. The van der Waals surface area contributed by atoms with E-state index in [0.29, 0.717) is 13.2 Å². The van der Waals surface area contributed by atoms with Crippen molar-refractivity contribution in [3.63, 3.8) is 0 Å². The van der Waals surface area contributed by atoms with E-state index in [0.717, 1.165) is 28.4 Å². The third-order valence-electron chi connectivity index (χ3n) is 3.36. The van der Waals surface area contributed by atoms with E-state index in [-0.39, 0.29) is 5.54 Å². The van der Waals surface area contributed by atoms with Gasteiger partial charge in [-0.05, 0) is 20.9 Å². The van der Waals surface area contributed by atoms with Gasteiger partial charge in [-0.15, -0.1) is 0 Å². The second-order valence-electron chi connectivity index (χ2n) is 4.97. The van der Waals surface area contributed by atoms with Crippen molar-refractivity contribution in [3.05, 3.63) is 18.0 Å². The Morgan fingerprint density at radius 1 is 1.22 bits per heavy atom. The molecule has 0 spiro atoms. The van der Waals surface area contributed by atoms with Crippen LogP contribution in [0, 0.1) is 0 Å². The van der Waals surface area contributed by atoms with Crippen LogP contribution in [0.3, 0.4) is 0 Å². The Morgan fingerprint density at radius 2 is 1.89 bits per heavy atom. The van der Waals surface area contributed by atoms with Crippen molar-refractivity contribution in [3.8, 4) is 11.5 Å². The average Bonchev–Trinajstić information content (AvgIpc) is 2.79. The zero-order chi connectivity index (χ0) is 12.8. The molecule has 0 saturated heterocycles. The first kappa shape index (κ1) is 11.3. The molecule has 96 valence electrons. The molecule has 2 N–H and O–H groups in total. The van der Waals surface area contributed by atoms with Gasteiger partial charge in [-0.25, -0.2) is 4.98 Å². The number of ether oxygens (including phenoxy) is 2. The Bertz CT molecular complexity index is 546.